The Morgan fingerprint density at radius 2 is 1.90 bits per heavy atom. The molecule has 0 aromatic carbocycles. The quantitative estimate of drug-likeness (QED) is 0.884. The average Bonchev–Trinajstić information content (AvgIpc) is 2.41. The van der Waals surface area contributed by atoms with Gasteiger partial charge < -0.3 is 10.4 Å². The molecular weight excluding hydrogens is 254 g/mol. The number of hydrogen-bond donors (Lipinski definition) is 2. The van der Waals surface area contributed by atoms with Gasteiger partial charge in [0.15, 0.2) is 5.82 Å². The van der Waals surface area contributed by atoms with Gasteiger partial charge in [0.2, 0.25) is 0 Å². The van der Waals surface area contributed by atoms with E-state index in [4.69, 9.17) is 0 Å². The van der Waals surface area contributed by atoms with E-state index in [0.29, 0.717) is 23.0 Å². The van der Waals surface area contributed by atoms with E-state index in [-0.39, 0.29) is 5.56 Å². The summed E-state index contributed by atoms with van der Waals surface area (Å²) in [6.45, 7) is 6.63. The number of nitrogens with one attached hydrogen (secondary N) is 1. The molecule has 20 heavy (non-hydrogen) atoms. The van der Waals surface area contributed by atoms with Crippen molar-refractivity contribution in [1.29, 1.82) is 0 Å². The number of carboxylic acids is 1. The lowest BCUT2D eigenvalue weighted by Gasteiger charge is -2.26. The first-order chi connectivity index (χ1) is 9.49. The lowest BCUT2D eigenvalue weighted by molar-refractivity contribution is 0.0696. The molecule has 2 N–H and O–H groups in total. The molecule has 5 heteroatoms. The van der Waals surface area contributed by atoms with E-state index in [1.165, 1.54) is 25.7 Å². The zero-order valence-corrected chi connectivity index (χ0v) is 12.4. The molecule has 1 aliphatic carbocycles. The Morgan fingerprint density at radius 3 is 2.50 bits per heavy atom. The molecule has 2 rings (SSSR count). The first kappa shape index (κ1) is 14.8. The average molecular weight is 277 g/mol. The number of carboxylic acid groups (broad SMARTS) is 1. The van der Waals surface area contributed by atoms with Gasteiger partial charge in [-0.15, -0.1) is 5.10 Å². The lowest BCUT2D eigenvalue weighted by atomic mass is 9.83. The summed E-state index contributed by atoms with van der Waals surface area (Å²) in [6.07, 6.45) is 4.93. The Bertz CT molecular complexity index is 494. The van der Waals surface area contributed by atoms with Gasteiger partial charge in [0.05, 0.1) is 5.69 Å². The Kier molecular flexibility index (Phi) is 4.57. The number of carbonyl (C=O) groups is 1. The van der Waals surface area contributed by atoms with Gasteiger partial charge in [0.1, 0.15) is 5.56 Å². The summed E-state index contributed by atoms with van der Waals surface area (Å²) >= 11 is 0. The number of anilines is 1. The van der Waals surface area contributed by atoms with Gasteiger partial charge in [-0.25, -0.2) is 4.79 Å². The highest BCUT2D eigenvalue weighted by molar-refractivity contribution is 5.94. The van der Waals surface area contributed by atoms with Gasteiger partial charge >= 0.3 is 5.97 Å². The van der Waals surface area contributed by atoms with E-state index in [0.717, 1.165) is 12.5 Å². The molecule has 0 amide bonds. The van der Waals surface area contributed by atoms with Crippen LogP contribution in [-0.4, -0.2) is 27.8 Å². The highest BCUT2D eigenvalue weighted by Gasteiger charge is 2.21. The molecule has 1 heterocycles. The highest BCUT2D eigenvalue weighted by atomic mass is 16.4. The molecule has 110 valence electrons. The van der Waals surface area contributed by atoms with Crippen molar-refractivity contribution < 1.29 is 9.90 Å². The zero-order valence-electron chi connectivity index (χ0n) is 12.4. The first-order valence-corrected chi connectivity index (χ1v) is 7.30. The van der Waals surface area contributed by atoms with E-state index in [1.807, 2.05) is 0 Å². The van der Waals surface area contributed by atoms with Crippen molar-refractivity contribution in [2.75, 3.05) is 11.9 Å². The zero-order chi connectivity index (χ0) is 14.7. The Balaban J connectivity index is 2.06. The molecular formula is C15H23N3O2. The number of rotatable bonds is 4. The third-order valence-electron chi connectivity index (χ3n) is 4.36. The Hall–Kier alpha value is -1.65. The summed E-state index contributed by atoms with van der Waals surface area (Å²) in [6, 6.07) is 0. The van der Waals surface area contributed by atoms with Crippen LogP contribution in [0.3, 0.4) is 0 Å². The Morgan fingerprint density at radius 1 is 1.25 bits per heavy atom. The van der Waals surface area contributed by atoms with E-state index >= 15 is 0 Å². The van der Waals surface area contributed by atoms with E-state index in [9.17, 15) is 9.90 Å². The van der Waals surface area contributed by atoms with Crippen LogP contribution in [0.25, 0.3) is 0 Å². The number of aromatic nitrogens is 2. The molecule has 1 aliphatic rings. The van der Waals surface area contributed by atoms with Crippen molar-refractivity contribution in [3.63, 3.8) is 0 Å². The molecule has 0 spiro atoms. The number of nitrogens with zero attached hydrogens (tertiary/aromatic N) is 2. The highest BCUT2D eigenvalue weighted by Crippen LogP contribution is 2.28. The van der Waals surface area contributed by atoms with Crippen molar-refractivity contribution in [2.24, 2.45) is 11.8 Å². The molecule has 1 aromatic heterocycles. The van der Waals surface area contributed by atoms with Crippen LogP contribution in [0.4, 0.5) is 5.82 Å². The standard InChI is InChI=1S/C15H23N3O2/c1-9-4-6-12(7-5-9)8-16-14-13(15(19)20)10(2)11(3)17-18-14/h9,12H,4-8H2,1-3H3,(H,16,18)(H,19,20). The van der Waals surface area contributed by atoms with Gasteiger partial charge in [-0.3, -0.25) is 0 Å². The van der Waals surface area contributed by atoms with Crippen LogP contribution in [0, 0.1) is 25.7 Å². The number of aromatic carboxylic acids is 1. The summed E-state index contributed by atoms with van der Waals surface area (Å²) < 4.78 is 0. The third kappa shape index (κ3) is 3.26. The normalized spacial score (nSPS) is 22.6. The van der Waals surface area contributed by atoms with Gasteiger partial charge in [0.25, 0.3) is 0 Å². The van der Waals surface area contributed by atoms with Crippen LogP contribution in [0.5, 0.6) is 0 Å². The predicted molar refractivity (Wildman–Crippen MR) is 78.1 cm³/mol. The first-order valence-electron chi connectivity index (χ1n) is 7.30. The second-order valence-electron chi connectivity index (χ2n) is 5.95. The molecule has 1 saturated carbocycles. The number of hydrogen-bond acceptors (Lipinski definition) is 4. The number of aryl methyl sites for hydroxylation is 1. The molecule has 0 saturated heterocycles. The minimum Gasteiger partial charge on any atom is -0.478 e. The van der Waals surface area contributed by atoms with Crippen molar-refractivity contribution in [2.45, 2.75) is 46.5 Å². The fourth-order valence-electron chi connectivity index (χ4n) is 2.77. The molecule has 5 nitrogen and oxygen atoms in total. The van der Waals surface area contributed by atoms with E-state index in [2.05, 4.69) is 22.4 Å². The molecule has 1 aromatic rings. The molecule has 0 radical (unpaired) electrons. The molecule has 0 atom stereocenters. The van der Waals surface area contributed by atoms with E-state index in [1.54, 1.807) is 13.8 Å². The molecule has 0 aliphatic heterocycles. The van der Waals surface area contributed by atoms with Crippen LogP contribution in [0.1, 0.15) is 54.2 Å². The van der Waals surface area contributed by atoms with Crippen LogP contribution in [-0.2, 0) is 0 Å². The van der Waals surface area contributed by atoms with Crippen molar-refractivity contribution >= 4 is 11.8 Å². The molecule has 1 fully saturated rings. The van der Waals surface area contributed by atoms with Gasteiger partial charge in [-0.1, -0.05) is 19.8 Å². The van der Waals surface area contributed by atoms with E-state index < -0.39 is 5.97 Å². The largest absolute Gasteiger partial charge is 0.478 e. The summed E-state index contributed by atoms with van der Waals surface area (Å²) in [5, 5.41) is 20.6. The summed E-state index contributed by atoms with van der Waals surface area (Å²) in [4.78, 5) is 11.4. The minimum atomic E-state index is -0.944. The smallest absolute Gasteiger partial charge is 0.339 e. The predicted octanol–water partition coefficient (Wildman–Crippen LogP) is 3.03. The van der Waals surface area contributed by atoms with Gasteiger partial charge in [0, 0.05) is 6.54 Å². The lowest BCUT2D eigenvalue weighted by Crippen LogP contribution is -2.22. The summed E-state index contributed by atoms with van der Waals surface area (Å²) in [5.74, 6) is 0.887. The van der Waals surface area contributed by atoms with Crippen LogP contribution in [0.15, 0.2) is 0 Å². The monoisotopic (exact) mass is 277 g/mol. The second-order valence-corrected chi connectivity index (χ2v) is 5.95. The Labute approximate surface area is 119 Å². The van der Waals surface area contributed by atoms with Crippen LogP contribution < -0.4 is 5.32 Å². The molecule has 0 bridgehead atoms. The fraction of sp³-hybridized carbons (Fsp3) is 0.667. The van der Waals surface area contributed by atoms with Gasteiger partial charge in [-0.2, -0.15) is 5.10 Å². The topological polar surface area (TPSA) is 75.1 Å². The van der Waals surface area contributed by atoms with Crippen LogP contribution in [0.2, 0.25) is 0 Å². The SMILES string of the molecule is Cc1nnc(NCC2CCC(C)CC2)c(C(=O)O)c1C. The van der Waals surface area contributed by atoms with Crippen molar-refractivity contribution in [3.8, 4) is 0 Å². The van der Waals surface area contributed by atoms with Crippen molar-refractivity contribution in [3.05, 3.63) is 16.8 Å². The minimum absolute atomic E-state index is 0.252. The summed E-state index contributed by atoms with van der Waals surface area (Å²) in [7, 11) is 0. The van der Waals surface area contributed by atoms with Gasteiger partial charge in [-0.05, 0) is 44.1 Å². The maximum atomic E-state index is 11.4. The molecule has 0 unspecified atom stereocenters. The summed E-state index contributed by atoms with van der Waals surface area (Å²) in [5.41, 5.74) is 1.60. The fourth-order valence-corrected chi connectivity index (χ4v) is 2.77. The van der Waals surface area contributed by atoms with Crippen molar-refractivity contribution in [1.82, 2.24) is 10.2 Å². The van der Waals surface area contributed by atoms with Crippen LogP contribution >= 0.6 is 0 Å². The second kappa shape index (κ2) is 6.20. The third-order valence-corrected chi connectivity index (χ3v) is 4.36. The maximum Gasteiger partial charge on any atom is 0.339 e. The maximum absolute atomic E-state index is 11.4.